The SMILES string of the molecule is O=C(O)c1cc(-c2cccc(OC3CSC3)c2)on1. The zero-order valence-electron chi connectivity index (χ0n) is 9.91. The molecule has 2 heterocycles. The number of carboxylic acids is 1. The van der Waals surface area contributed by atoms with Gasteiger partial charge in [0.25, 0.3) is 0 Å². The van der Waals surface area contributed by atoms with Gasteiger partial charge in [-0.05, 0) is 12.1 Å². The van der Waals surface area contributed by atoms with E-state index in [1.165, 1.54) is 6.07 Å². The van der Waals surface area contributed by atoms with Gasteiger partial charge in [-0.25, -0.2) is 4.79 Å². The smallest absolute Gasteiger partial charge is 0.358 e. The van der Waals surface area contributed by atoms with Gasteiger partial charge in [0.1, 0.15) is 11.9 Å². The monoisotopic (exact) mass is 277 g/mol. The summed E-state index contributed by atoms with van der Waals surface area (Å²) in [6, 6.07) is 8.78. The van der Waals surface area contributed by atoms with Gasteiger partial charge in [0.15, 0.2) is 11.5 Å². The van der Waals surface area contributed by atoms with E-state index in [0.717, 1.165) is 22.8 Å². The van der Waals surface area contributed by atoms with Crippen LogP contribution in [0.25, 0.3) is 11.3 Å². The van der Waals surface area contributed by atoms with Crippen LogP contribution in [-0.4, -0.2) is 33.8 Å². The number of rotatable bonds is 4. The fourth-order valence-electron chi connectivity index (χ4n) is 1.71. The molecule has 98 valence electrons. The molecular formula is C13H11NO4S. The molecule has 6 heteroatoms. The summed E-state index contributed by atoms with van der Waals surface area (Å²) in [7, 11) is 0. The number of thioether (sulfide) groups is 1. The first-order valence-electron chi connectivity index (χ1n) is 5.77. The molecule has 1 aliphatic heterocycles. The van der Waals surface area contributed by atoms with Crippen LogP contribution in [0.3, 0.4) is 0 Å². The van der Waals surface area contributed by atoms with Crippen LogP contribution in [0.2, 0.25) is 0 Å². The predicted octanol–water partition coefficient (Wildman–Crippen LogP) is 2.53. The van der Waals surface area contributed by atoms with Crippen LogP contribution in [0.5, 0.6) is 5.75 Å². The number of nitrogens with zero attached hydrogens (tertiary/aromatic N) is 1. The van der Waals surface area contributed by atoms with Crippen molar-refractivity contribution in [2.24, 2.45) is 0 Å². The fraction of sp³-hybridized carbons (Fsp3) is 0.231. The molecule has 1 N–H and O–H groups in total. The molecule has 1 aromatic heterocycles. The largest absolute Gasteiger partial charge is 0.489 e. The molecule has 0 spiro atoms. The molecule has 2 aromatic rings. The molecule has 0 bridgehead atoms. The van der Waals surface area contributed by atoms with Crippen molar-refractivity contribution in [3.8, 4) is 17.1 Å². The number of hydrogen-bond donors (Lipinski definition) is 1. The van der Waals surface area contributed by atoms with Crippen molar-refractivity contribution in [1.82, 2.24) is 5.16 Å². The van der Waals surface area contributed by atoms with Crippen molar-refractivity contribution in [3.63, 3.8) is 0 Å². The number of hydrogen-bond acceptors (Lipinski definition) is 5. The summed E-state index contributed by atoms with van der Waals surface area (Å²) in [6.07, 6.45) is 0.268. The Morgan fingerprint density at radius 1 is 1.42 bits per heavy atom. The third kappa shape index (κ3) is 2.58. The van der Waals surface area contributed by atoms with Gasteiger partial charge >= 0.3 is 5.97 Å². The molecule has 0 saturated carbocycles. The maximum Gasteiger partial charge on any atom is 0.358 e. The number of aromatic nitrogens is 1. The molecule has 0 aliphatic carbocycles. The number of aromatic carboxylic acids is 1. The Labute approximate surface area is 113 Å². The molecule has 1 aromatic carbocycles. The van der Waals surface area contributed by atoms with Crippen LogP contribution < -0.4 is 4.74 Å². The Bertz CT molecular complexity index is 606. The molecule has 3 rings (SSSR count). The van der Waals surface area contributed by atoms with Crippen molar-refractivity contribution in [1.29, 1.82) is 0 Å². The van der Waals surface area contributed by atoms with E-state index in [0.29, 0.717) is 5.76 Å². The minimum Gasteiger partial charge on any atom is -0.489 e. The molecule has 5 nitrogen and oxygen atoms in total. The quantitative estimate of drug-likeness (QED) is 0.925. The lowest BCUT2D eigenvalue weighted by atomic mass is 10.1. The lowest BCUT2D eigenvalue weighted by Crippen LogP contribution is -2.30. The molecular weight excluding hydrogens is 266 g/mol. The van der Waals surface area contributed by atoms with E-state index in [4.69, 9.17) is 14.4 Å². The third-order valence-corrected chi connectivity index (χ3v) is 3.97. The average molecular weight is 277 g/mol. The molecule has 1 fully saturated rings. The van der Waals surface area contributed by atoms with E-state index < -0.39 is 5.97 Å². The van der Waals surface area contributed by atoms with Gasteiger partial charge in [-0.15, -0.1) is 0 Å². The van der Waals surface area contributed by atoms with Gasteiger partial charge in [-0.3, -0.25) is 0 Å². The molecule has 0 amide bonds. The van der Waals surface area contributed by atoms with Gasteiger partial charge < -0.3 is 14.4 Å². The standard InChI is InChI=1S/C13H11NO4S/c15-13(16)11-5-12(18-14-11)8-2-1-3-9(4-8)17-10-6-19-7-10/h1-5,10H,6-7H2,(H,15,16). The molecule has 0 atom stereocenters. The summed E-state index contributed by atoms with van der Waals surface area (Å²) < 4.78 is 10.8. The van der Waals surface area contributed by atoms with Crippen molar-refractivity contribution >= 4 is 17.7 Å². The lowest BCUT2D eigenvalue weighted by molar-refractivity contribution is 0.0686. The van der Waals surface area contributed by atoms with Crippen molar-refractivity contribution in [3.05, 3.63) is 36.0 Å². The Morgan fingerprint density at radius 2 is 2.26 bits per heavy atom. The summed E-state index contributed by atoms with van der Waals surface area (Å²) in [5, 5.41) is 12.3. The first kappa shape index (κ1) is 12.1. The van der Waals surface area contributed by atoms with E-state index in [9.17, 15) is 4.79 Å². The first-order valence-corrected chi connectivity index (χ1v) is 6.93. The van der Waals surface area contributed by atoms with E-state index in [1.54, 1.807) is 0 Å². The van der Waals surface area contributed by atoms with Crippen LogP contribution in [0, 0.1) is 0 Å². The number of benzene rings is 1. The van der Waals surface area contributed by atoms with Gasteiger partial charge in [-0.2, -0.15) is 11.8 Å². The van der Waals surface area contributed by atoms with Crippen molar-refractivity contribution in [2.75, 3.05) is 11.5 Å². The van der Waals surface area contributed by atoms with E-state index in [1.807, 2.05) is 36.0 Å². The van der Waals surface area contributed by atoms with Gasteiger partial charge in [0.05, 0.1) is 0 Å². The van der Waals surface area contributed by atoms with Gasteiger partial charge in [0, 0.05) is 23.1 Å². The predicted molar refractivity (Wildman–Crippen MR) is 70.6 cm³/mol. The number of carbonyl (C=O) groups is 1. The fourth-order valence-corrected chi connectivity index (χ4v) is 2.27. The third-order valence-electron chi connectivity index (χ3n) is 2.76. The topological polar surface area (TPSA) is 72.6 Å². The second kappa shape index (κ2) is 4.97. The highest BCUT2D eigenvalue weighted by atomic mass is 32.2. The summed E-state index contributed by atoms with van der Waals surface area (Å²) >= 11 is 1.85. The van der Waals surface area contributed by atoms with E-state index in [2.05, 4.69) is 5.16 Å². The highest BCUT2D eigenvalue weighted by Crippen LogP contribution is 2.28. The van der Waals surface area contributed by atoms with Crippen LogP contribution in [0.15, 0.2) is 34.9 Å². The molecule has 0 radical (unpaired) electrons. The van der Waals surface area contributed by atoms with Crippen molar-refractivity contribution in [2.45, 2.75) is 6.10 Å². The number of ether oxygens (including phenoxy) is 1. The minimum atomic E-state index is -1.10. The molecule has 1 aliphatic rings. The first-order chi connectivity index (χ1) is 9.22. The van der Waals surface area contributed by atoms with Crippen LogP contribution in [-0.2, 0) is 0 Å². The van der Waals surface area contributed by atoms with Crippen LogP contribution in [0.1, 0.15) is 10.5 Å². The molecule has 0 unspecified atom stereocenters. The highest BCUT2D eigenvalue weighted by Gasteiger charge is 2.20. The summed E-state index contributed by atoms with van der Waals surface area (Å²) in [6.45, 7) is 0. The normalized spacial score (nSPS) is 14.9. The Balaban J connectivity index is 1.82. The second-order valence-electron chi connectivity index (χ2n) is 4.19. The van der Waals surface area contributed by atoms with Crippen molar-refractivity contribution < 1.29 is 19.2 Å². The Hall–Kier alpha value is -1.95. The summed E-state index contributed by atoms with van der Waals surface area (Å²) in [5.41, 5.74) is 0.654. The van der Waals surface area contributed by atoms with Crippen LogP contribution in [0.4, 0.5) is 0 Å². The van der Waals surface area contributed by atoms with Crippen LogP contribution >= 0.6 is 11.8 Å². The summed E-state index contributed by atoms with van der Waals surface area (Å²) in [4.78, 5) is 10.8. The van der Waals surface area contributed by atoms with E-state index in [-0.39, 0.29) is 11.8 Å². The summed E-state index contributed by atoms with van der Waals surface area (Å²) in [5.74, 6) is 2.10. The molecule has 1 saturated heterocycles. The van der Waals surface area contributed by atoms with Gasteiger partial charge in [0.2, 0.25) is 0 Å². The van der Waals surface area contributed by atoms with Gasteiger partial charge in [-0.1, -0.05) is 17.3 Å². The molecule has 19 heavy (non-hydrogen) atoms. The average Bonchev–Trinajstić information content (AvgIpc) is 2.84. The Kier molecular flexibility index (Phi) is 3.16. The van der Waals surface area contributed by atoms with E-state index >= 15 is 0 Å². The number of carboxylic acid groups (broad SMARTS) is 1. The maximum absolute atomic E-state index is 10.8. The Morgan fingerprint density at radius 3 is 2.89 bits per heavy atom. The zero-order valence-corrected chi connectivity index (χ0v) is 10.7. The minimum absolute atomic E-state index is 0.100. The highest BCUT2D eigenvalue weighted by molar-refractivity contribution is 8.00. The second-order valence-corrected chi connectivity index (χ2v) is 5.26. The maximum atomic E-state index is 10.8. The zero-order chi connectivity index (χ0) is 13.2. The lowest BCUT2D eigenvalue weighted by Gasteiger charge is -2.25.